The van der Waals surface area contributed by atoms with E-state index in [1.807, 2.05) is 6.07 Å². The highest BCUT2D eigenvalue weighted by Gasteiger charge is 2.43. The molecule has 1 aromatic carbocycles. The number of hydrogen-bond donors (Lipinski definition) is 1. The zero-order chi connectivity index (χ0) is 18.9. The van der Waals surface area contributed by atoms with Crippen molar-refractivity contribution >= 4 is 34.9 Å². The van der Waals surface area contributed by atoms with Gasteiger partial charge in [-0.1, -0.05) is 35.9 Å². The average Bonchev–Trinajstić information content (AvgIpc) is 3.48. The van der Waals surface area contributed by atoms with Crippen LogP contribution in [-0.4, -0.2) is 41.6 Å². The van der Waals surface area contributed by atoms with Crippen molar-refractivity contribution in [2.75, 3.05) is 30.4 Å². The van der Waals surface area contributed by atoms with E-state index < -0.39 is 0 Å². The zero-order valence-electron chi connectivity index (χ0n) is 15.0. The van der Waals surface area contributed by atoms with E-state index in [0.29, 0.717) is 24.0 Å². The van der Waals surface area contributed by atoms with Crippen LogP contribution in [0.15, 0.2) is 36.4 Å². The van der Waals surface area contributed by atoms with Gasteiger partial charge < -0.3 is 10.2 Å². The molecule has 1 aliphatic heterocycles. The first-order chi connectivity index (χ1) is 13.1. The van der Waals surface area contributed by atoms with Crippen LogP contribution in [-0.2, 0) is 11.2 Å². The number of nitrogens with zero attached hydrogens (tertiary/aromatic N) is 3. The minimum atomic E-state index is -0.131. The smallest absolute Gasteiger partial charge is 0.224 e. The van der Waals surface area contributed by atoms with Crippen LogP contribution in [0.3, 0.4) is 0 Å². The van der Waals surface area contributed by atoms with Gasteiger partial charge in [0.05, 0.1) is 6.42 Å². The maximum Gasteiger partial charge on any atom is 0.224 e. The van der Waals surface area contributed by atoms with Gasteiger partial charge in [-0.2, -0.15) is 0 Å². The van der Waals surface area contributed by atoms with Gasteiger partial charge in [0.25, 0.3) is 0 Å². The highest BCUT2D eigenvalue weighted by molar-refractivity contribution is 6.29. The first-order valence-electron chi connectivity index (χ1n) is 9.23. The summed E-state index contributed by atoms with van der Waals surface area (Å²) in [5.74, 6) is 2.04. The molecule has 0 unspecified atom stereocenters. The van der Waals surface area contributed by atoms with Crippen molar-refractivity contribution in [1.29, 1.82) is 0 Å². The molecule has 0 spiro atoms. The molecule has 142 valence electrons. The predicted molar refractivity (Wildman–Crippen MR) is 108 cm³/mol. The van der Waals surface area contributed by atoms with Crippen molar-refractivity contribution in [3.05, 3.63) is 52.7 Å². The molecule has 1 amide bonds. The Morgan fingerprint density at radius 2 is 1.89 bits per heavy atom. The van der Waals surface area contributed by atoms with Crippen LogP contribution in [0.25, 0.3) is 0 Å². The van der Waals surface area contributed by atoms with Gasteiger partial charge in [-0.3, -0.25) is 4.79 Å². The predicted octanol–water partition coefficient (Wildman–Crippen LogP) is 3.41. The van der Waals surface area contributed by atoms with E-state index in [-0.39, 0.29) is 11.3 Å². The summed E-state index contributed by atoms with van der Waals surface area (Å²) in [5, 5.41) is 11.4. The van der Waals surface area contributed by atoms with Crippen molar-refractivity contribution < 1.29 is 4.79 Å². The number of anilines is 1. The third kappa shape index (κ3) is 4.36. The first-order valence-corrected chi connectivity index (χ1v) is 10.1. The van der Waals surface area contributed by atoms with Gasteiger partial charge in [0.2, 0.25) is 5.91 Å². The third-order valence-corrected chi connectivity index (χ3v) is 6.10. The Kier molecular flexibility index (Phi) is 5.24. The Hall–Kier alpha value is -1.85. The molecular formula is C20H22Cl2N4O. The molecule has 1 N–H and O–H groups in total. The van der Waals surface area contributed by atoms with Crippen LogP contribution in [0.2, 0.25) is 5.15 Å². The van der Waals surface area contributed by atoms with E-state index in [1.165, 1.54) is 18.4 Å². The quantitative estimate of drug-likeness (QED) is 0.718. The molecule has 2 aliphatic rings. The summed E-state index contributed by atoms with van der Waals surface area (Å²) < 4.78 is 0. The van der Waals surface area contributed by atoms with Crippen LogP contribution in [0.5, 0.6) is 0 Å². The number of hydrogen-bond acceptors (Lipinski definition) is 4. The number of halogens is 2. The lowest BCUT2D eigenvalue weighted by molar-refractivity contribution is -0.121. The van der Waals surface area contributed by atoms with Gasteiger partial charge >= 0.3 is 0 Å². The monoisotopic (exact) mass is 404 g/mol. The van der Waals surface area contributed by atoms with E-state index in [9.17, 15) is 4.79 Å². The number of alkyl halides is 1. The topological polar surface area (TPSA) is 58.1 Å². The number of carbonyl (C=O) groups is 1. The fraction of sp³-hybridized carbons (Fsp3) is 0.450. The van der Waals surface area contributed by atoms with Crippen LogP contribution in [0, 0.1) is 5.41 Å². The van der Waals surface area contributed by atoms with Gasteiger partial charge in [0.15, 0.2) is 11.0 Å². The Morgan fingerprint density at radius 1 is 1.15 bits per heavy atom. The van der Waals surface area contributed by atoms with Gasteiger partial charge in [-0.15, -0.1) is 21.8 Å². The van der Waals surface area contributed by atoms with Gasteiger partial charge in [0.1, 0.15) is 0 Å². The summed E-state index contributed by atoms with van der Waals surface area (Å²) in [7, 11) is 0. The van der Waals surface area contributed by atoms with Crippen LogP contribution >= 0.6 is 23.2 Å². The lowest BCUT2D eigenvalue weighted by Crippen LogP contribution is -2.62. The van der Waals surface area contributed by atoms with E-state index >= 15 is 0 Å². The largest absolute Gasteiger partial charge is 0.355 e. The maximum absolute atomic E-state index is 12.3. The number of amides is 1. The zero-order valence-corrected chi connectivity index (χ0v) is 16.5. The maximum atomic E-state index is 12.3. The fourth-order valence-corrected chi connectivity index (χ4v) is 3.87. The molecule has 2 heterocycles. The van der Waals surface area contributed by atoms with Gasteiger partial charge in [0, 0.05) is 30.9 Å². The molecule has 2 aromatic rings. The lowest BCUT2D eigenvalue weighted by Gasteiger charge is -2.49. The Labute approximate surface area is 169 Å². The van der Waals surface area contributed by atoms with E-state index in [2.05, 4.69) is 44.7 Å². The summed E-state index contributed by atoms with van der Waals surface area (Å²) in [6.45, 7) is 2.04. The number of aromatic nitrogens is 2. The number of rotatable bonds is 7. The summed E-state index contributed by atoms with van der Waals surface area (Å²) in [5.41, 5.74) is 2.30. The van der Waals surface area contributed by atoms with Crippen molar-refractivity contribution in [2.45, 2.75) is 25.2 Å². The van der Waals surface area contributed by atoms with Crippen LogP contribution in [0.1, 0.15) is 29.9 Å². The van der Waals surface area contributed by atoms with E-state index in [0.717, 1.165) is 30.4 Å². The van der Waals surface area contributed by atoms with E-state index in [1.54, 1.807) is 6.07 Å². The molecule has 0 bridgehead atoms. The second-order valence-electron chi connectivity index (χ2n) is 7.67. The molecule has 1 saturated carbocycles. The second-order valence-corrected chi connectivity index (χ2v) is 8.33. The molecule has 5 nitrogen and oxygen atoms in total. The highest BCUT2D eigenvalue weighted by Crippen LogP contribution is 2.40. The summed E-state index contributed by atoms with van der Waals surface area (Å²) in [4.78, 5) is 14.4. The number of nitrogens with one attached hydrogen (secondary N) is 1. The highest BCUT2D eigenvalue weighted by atomic mass is 35.5. The van der Waals surface area contributed by atoms with Crippen molar-refractivity contribution in [3.63, 3.8) is 0 Å². The minimum absolute atomic E-state index is 0.0309. The molecule has 1 saturated heterocycles. The summed E-state index contributed by atoms with van der Waals surface area (Å²) in [6, 6.07) is 12.0. The molecule has 2 fully saturated rings. The Balaban J connectivity index is 1.26. The average molecular weight is 405 g/mol. The SMILES string of the molecule is O=C(Cc1ccc(C2CC2)cc1)NCC1(CCl)CN(c2ccc(Cl)nn2)C1. The third-order valence-electron chi connectivity index (χ3n) is 5.33. The molecule has 1 aromatic heterocycles. The molecule has 0 atom stereocenters. The Bertz CT molecular complexity index is 800. The fourth-order valence-electron chi connectivity index (χ4n) is 3.50. The minimum Gasteiger partial charge on any atom is -0.355 e. The lowest BCUT2D eigenvalue weighted by atomic mass is 9.81. The van der Waals surface area contributed by atoms with Crippen molar-refractivity contribution in [2.24, 2.45) is 5.41 Å². The van der Waals surface area contributed by atoms with Crippen molar-refractivity contribution in [1.82, 2.24) is 15.5 Å². The second kappa shape index (κ2) is 7.64. The molecule has 4 rings (SSSR count). The number of benzene rings is 1. The van der Waals surface area contributed by atoms with Crippen LogP contribution < -0.4 is 10.2 Å². The first kappa shape index (κ1) is 18.5. The number of carbonyl (C=O) groups excluding carboxylic acids is 1. The molecular weight excluding hydrogens is 383 g/mol. The molecule has 7 heteroatoms. The molecule has 27 heavy (non-hydrogen) atoms. The van der Waals surface area contributed by atoms with Crippen molar-refractivity contribution in [3.8, 4) is 0 Å². The molecule has 1 aliphatic carbocycles. The Morgan fingerprint density at radius 3 is 2.48 bits per heavy atom. The summed E-state index contributed by atoms with van der Waals surface area (Å²) >= 11 is 12.0. The normalized spacial score (nSPS) is 18.1. The van der Waals surface area contributed by atoms with Crippen LogP contribution in [0.4, 0.5) is 5.82 Å². The summed E-state index contributed by atoms with van der Waals surface area (Å²) in [6.07, 6.45) is 2.98. The standard InChI is InChI=1S/C20H22Cl2N4O/c21-10-20(12-26(13-20)18-8-7-17(22)24-25-18)11-23-19(27)9-14-1-3-15(4-2-14)16-5-6-16/h1-4,7-8,16H,5-6,9-13H2,(H,23,27). The van der Waals surface area contributed by atoms with E-state index in [4.69, 9.17) is 23.2 Å². The van der Waals surface area contributed by atoms with Gasteiger partial charge in [-0.25, -0.2) is 0 Å². The molecule has 0 radical (unpaired) electrons. The van der Waals surface area contributed by atoms with Gasteiger partial charge in [-0.05, 0) is 42.0 Å².